The summed E-state index contributed by atoms with van der Waals surface area (Å²) >= 11 is 1.45. The minimum absolute atomic E-state index is 0.149. The van der Waals surface area contributed by atoms with Crippen LogP contribution in [-0.2, 0) is 0 Å². The molecular weight excluding hydrogens is 368 g/mol. The van der Waals surface area contributed by atoms with Crippen molar-refractivity contribution >= 4 is 33.2 Å². The molecule has 3 aromatic rings. The third-order valence-corrected chi connectivity index (χ3v) is 6.36. The molecule has 0 spiro atoms. The van der Waals surface area contributed by atoms with Gasteiger partial charge in [-0.2, -0.15) is 10.2 Å². The van der Waals surface area contributed by atoms with Crippen LogP contribution < -0.4 is 5.43 Å². The van der Waals surface area contributed by atoms with E-state index in [0.29, 0.717) is 10.8 Å². The summed E-state index contributed by atoms with van der Waals surface area (Å²) in [6, 6.07) is 11.9. The van der Waals surface area contributed by atoms with E-state index in [1.807, 2.05) is 48.0 Å². The SMILES string of the molecule is Cc1nn(-c2ccccc2)c2sc(C(=O)NN=C3CC(C)CC(C)(C)C3)cc12. The molecule has 1 aliphatic carbocycles. The Bertz CT molecular complexity index is 1050. The summed E-state index contributed by atoms with van der Waals surface area (Å²) in [5, 5.41) is 10.1. The summed E-state index contributed by atoms with van der Waals surface area (Å²) < 4.78 is 1.91. The van der Waals surface area contributed by atoms with Crippen molar-refractivity contribution in [1.82, 2.24) is 15.2 Å². The van der Waals surface area contributed by atoms with Gasteiger partial charge < -0.3 is 0 Å². The number of nitrogens with zero attached hydrogens (tertiary/aromatic N) is 3. The number of carbonyl (C=O) groups is 1. The van der Waals surface area contributed by atoms with E-state index in [1.54, 1.807) is 0 Å². The van der Waals surface area contributed by atoms with E-state index in [2.05, 4.69) is 36.4 Å². The van der Waals surface area contributed by atoms with Crippen LogP contribution in [0.25, 0.3) is 15.9 Å². The van der Waals surface area contributed by atoms with Gasteiger partial charge in [-0.05, 0) is 55.7 Å². The first-order valence-corrected chi connectivity index (χ1v) is 10.5. The van der Waals surface area contributed by atoms with E-state index < -0.39 is 0 Å². The van der Waals surface area contributed by atoms with Crippen molar-refractivity contribution in [2.24, 2.45) is 16.4 Å². The molecule has 0 saturated heterocycles. The van der Waals surface area contributed by atoms with E-state index in [4.69, 9.17) is 0 Å². The van der Waals surface area contributed by atoms with E-state index in [-0.39, 0.29) is 11.3 Å². The van der Waals surface area contributed by atoms with Crippen LogP contribution in [0, 0.1) is 18.3 Å². The third kappa shape index (κ3) is 3.74. The fourth-order valence-corrected chi connectivity index (χ4v) is 5.36. The lowest BCUT2D eigenvalue weighted by Crippen LogP contribution is -2.30. The Hall–Kier alpha value is -2.47. The fraction of sp³-hybridized carbons (Fsp3) is 0.409. The molecule has 28 heavy (non-hydrogen) atoms. The lowest BCUT2D eigenvalue weighted by atomic mass is 9.72. The summed E-state index contributed by atoms with van der Waals surface area (Å²) in [7, 11) is 0. The number of carbonyl (C=O) groups excluding carboxylic acids is 1. The van der Waals surface area contributed by atoms with Crippen LogP contribution in [0.4, 0.5) is 0 Å². The predicted octanol–water partition coefficient (Wildman–Crippen LogP) is 5.33. The monoisotopic (exact) mass is 394 g/mol. The number of benzene rings is 1. The molecular formula is C22H26N4OS. The van der Waals surface area contributed by atoms with Gasteiger partial charge in [0.2, 0.25) is 0 Å². The molecule has 4 rings (SSSR count). The second kappa shape index (κ2) is 7.17. The van der Waals surface area contributed by atoms with Gasteiger partial charge in [0.05, 0.1) is 16.3 Å². The molecule has 1 amide bonds. The van der Waals surface area contributed by atoms with E-state index in [0.717, 1.165) is 40.2 Å². The third-order valence-electron chi connectivity index (χ3n) is 5.25. The molecule has 1 N–H and O–H groups in total. The fourth-order valence-electron chi connectivity index (χ4n) is 4.29. The quantitative estimate of drug-likeness (QED) is 0.611. The number of nitrogens with one attached hydrogen (secondary N) is 1. The maximum absolute atomic E-state index is 12.7. The standard InChI is InChI=1S/C22H26N4OS/c1-14-10-16(13-22(3,4)12-14)23-24-20(27)19-11-18-15(2)25-26(21(18)28-19)17-8-6-5-7-9-17/h5-9,11,14H,10,12-13H2,1-4H3,(H,24,27). The number of amides is 1. The number of rotatable bonds is 3. The number of hydrazone groups is 1. The Balaban J connectivity index is 1.58. The molecule has 1 atom stereocenters. The van der Waals surface area contributed by atoms with Crippen LogP contribution >= 0.6 is 11.3 Å². The van der Waals surface area contributed by atoms with Crippen molar-refractivity contribution < 1.29 is 4.79 Å². The highest BCUT2D eigenvalue weighted by Crippen LogP contribution is 2.37. The Morgan fingerprint density at radius 2 is 2.07 bits per heavy atom. The van der Waals surface area contributed by atoms with Gasteiger partial charge in [0.1, 0.15) is 4.83 Å². The molecule has 1 fully saturated rings. The smallest absolute Gasteiger partial charge is 0.266 e. The number of aromatic nitrogens is 2. The first-order valence-electron chi connectivity index (χ1n) is 9.73. The second-order valence-electron chi connectivity index (χ2n) is 8.64. The van der Waals surface area contributed by atoms with Crippen molar-refractivity contribution in [3.63, 3.8) is 0 Å². The number of thiophene rings is 1. The average molecular weight is 395 g/mol. The molecule has 6 heteroatoms. The van der Waals surface area contributed by atoms with Gasteiger partial charge in [-0.3, -0.25) is 4.79 Å². The van der Waals surface area contributed by atoms with Crippen LogP contribution in [0.2, 0.25) is 0 Å². The minimum atomic E-state index is -0.149. The number of fused-ring (bicyclic) bond motifs is 1. The summed E-state index contributed by atoms with van der Waals surface area (Å²) in [5.74, 6) is 0.451. The highest BCUT2D eigenvalue weighted by atomic mass is 32.1. The van der Waals surface area contributed by atoms with Gasteiger partial charge >= 0.3 is 0 Å². The molecule has 1 saturated carbocycles. The van der Waals surface area contributed by atoms with Crippen molar-refractivity contribution in [3.05, 3.63) is 47.0 Å². The van der Waals surface area contributed by atoms with Crippen molar-refractivity contribution in [2.75, 3.05) is 0 Å². The molecule has 0 aliphatic heterocycles. The highest BCUT2D eigenvalue weighted by Gasteiger charge is 2.29. The molecule has 0 bridgehead atoms. The van der Waals surface area contributed by atoms with E-state index in [9.17, 15) is 4.79 Å². The number of hydrogen-bond donors (Lipinski definition) is 1. The summed E-state index contributed by atoms with van der Waals surface area (Å²) in [6.07, 6.45) is 3.09. The maximum atomic E-state index is 12.7. The van der Waals surface area contributed by atoms with Crippen molar-refractivity contribution in [1.29, 1.82) is 0 Å². The Morgan fingerprint density at radius 3 is 2.79 bits per heavy atom. The van der Waals surface area contributed by atoms with Gasteiger partial charge in [0.25, 0.3) is 5.91 Å². The Kier molecular flexibility index (Phi) is 4.83. The zero-order valence-electron chi connectivity index (χ0n) is 16.8. The topological polar surface area (TPSA) is 59.3 Å². The second-order valence-corrected chi connectivity index (χ2v) is 9.67. The lowest BCUT2D eigenvalue weighted by Gasteiger charge is -2.34. The minimum Gasteiger partial charge on any atom is -0.266 e. The van der Waals surface area contributed by atoms with Gasteiger partial charge in [-0.25, -0.2) is 10.1 Å². The molecule has 1 aliphatic rings. The Morgan fingerprint density at radius 1 is 1.32 bits per heavy atom. The molecule has 1 aromatic carbocycles. The van der Waals surface area contributed by atoms with Gasteiger partial charge in [-0.1, -0.05) is 39.0 Å². The average Bonchev–Trinajstić information content (AvgIpc) is 3.20. The normalized spacial score (nSPS) is 20.6. The zero-order valence-corrected chi connectivity index (χ0v) is 17.6. The van der Waals surface area contributed by atoms with Crippen LogP contribution in [-0.4, -0.2) is 21.4 Å². The van der Waals surface area contributed by atoms with Crippen LogP contribution in [0.1, 0.15) is 55.4 Å². The van der Waals surface area contributed by atoms with Crippen LogP contribution in [0.3, 0.4) is 0 Å². The van der Waals surface area contributed by atoms with Gasteiger partial charge in [0, 0.05) is 11.1 Å². The van der Waals surface area contributed by atoms with Gasteiger partial charge in [0.15, 0.2) is 0 Å². The zero-order chi connectivity index (χ0) is 19.9. The first kappa shape index (κ1) is 18.9. The van der Waals surface area contributed by atoms with E-state index >= 15 is 0 Å². The number of aryl methyl sites for hydroxylation is 1. The largest absolute Gasteiger partial charge is 0.281 e. The highest BCUT2D eigenvalue weighted by molar-refractivity contribution is 7.20. The molecule has 1 unspecified atom stereocenters. The van der Waals surface area contributed by atoms with Crippen molar-refractivity contribution in [3.8, 4) is 5.69 Å². The van der Waals surface area contributed by atoms with E-state index in [1.165, 1.54) is 17.8 Å². The lowest BCUT2D eigenvalue weighted by molar-refractivity contribution is 0.0958. The molecule has 2 heterocycles. The summed E-state index contributed by atoms with van der Waals surface area (Å²) in [6.45, 7) is 8.76. The Labute approximate surface area is 169 Å². The number of hydrogen-bond acceptors (Lipinski definition) is 4. The first-order chi connectivity index (χ1) is 13.3. The summed E-state index contributed by atoms with van der Waals surface area (Å²) in [5.41, 5.74) is 6.03. The molecule has 2 aromatic heterocycles. The maximum Gasteiger partial charge on any atom is 0.281 e. The van der Waals surface area contributed by atoms with Crippen LogP contribution in [0.5, 0.6) is 0 Å². The molecule has 0 radical (unpaired) electrons. The van der Waals surface area contributed by atoms with Gasteiger partial charge in [-0.15, -0.1) is 11.3 Å². The van der Waals surface area contributed by atoms with Crippen molar-refractivity contribution in [2.45, 2.75) is 47.0 Å². The number of para-hydroxylation sites is 1. The summed E-state index contributed by atoms with van der Waals surface area (Å²) in [4.78, 5) is 14.4. The molecule has 146 valence electrons. The molecule has 5 nitrogen and oxygen atoms in total. The predicted molar refractivity (Wildman–Crippen MR) is 115 cm³/mol. The van der Waals surface area contributed by atoms with Crippen LogP contribution in [0.15, 0.2) is 41.5 Å².